The number of carbonyl (C=O) groups is 3. The number of carbonyl (C=O) groups excluding carboxylic acids is 2. The molecule has 0 radical (unpaired) electrons. The van der Waals surface area contributed by atoms with Crippen molar-refractivity contribution < 1.29 is 37.4 Å². The summed E-state index contributed by atoms with van der Waals surface area (Å²) in [6.45, 7) is 0.0917. The Labute approximate surface area is 260 Å². The van der Waals surface area contributed by atoms with E-state index in [1.54, 1.807) is 24.3 Å². The molecule has 0 atom stereocenters. The first-order valence-electron chi connectivity index (χ1n) is 14.2. The molecule has 0 aliphatic heterocycles. The van der Waals surface area contributed by atoms with Crippen LogP contribution in [0.1, 0.15) is 53.6 Å². The number of thiazole rings is 1. The summed E-state index contributed by atoms with van der Waals surface area (Å²) in [4.78, 5) is 42.5. The first-order chi connectivity index (χ1) is 21.6. The molecule has 0 fully saturated rings. The quantitative estimate of drug-likeness (QED) is 0.165. The molecule has 1 aromatic heterocycles. The molecule has 1 aliphatic rings. The Bertz CT molecular complexity index is 1720. The summed E-state index contributed by atoms with van der Waals surface area (Å²) in [5.41, 5.74) is 4.16. The van der Waals surface area contributed by atoms with E-state index in [0.717, 1.165) is 42.6 Å². The van der Waals surface area contributed by atoms with Gasteiger partial charge in [-0.3, -0.25) is 19.8 Å². The number of benzene rings is 3. The average Bonchev–Trinajstić information content (AvgIpc) is 3.43. The Morgan fingerprint density at radius 3 is 2.42 bits per heavy atom. The van der Waals surface area contributed by atoms with E-state index in [-0.39, 0.29) is 34.9 Å². The van der Waals surface area contributed by atoms with Crippen LogP contribution in [0.25, 0.3) is 15.8 Å². The first kappa shape index (κ1) is 31.5. The minimum atomic E-state index is -4.88. The van der Waals surface area contributed by atoms with Crippen LogP contribution in [0.15, 0.2) is 72.8 Å². The third-order valence-corrected chi connectivity index (χ3v) is 8.09. The number of hydrogen-bond donors (Lipinski definition) is 3. The molecule has 1 aliphatic carbocycles. The number of allylic oxidation sites excluding steroid dienone is 2. The molecule has 4 aromatic rings. The van der Waals surface area contributed by atoms with Crippen molar-refractivity contribution in [3.8, 4) is 5.75 Å². The van der Waals surface area contributed by atoms with Gasteiger partial charge in [0.1, 0.15) is 5.75 Å². The molecule has 0 bridgehead atoms. The molecular formula is C32H29F3N4O5S. The van der Waals surface area contributed by atoms with Gasteiger partial charge in [-0.15, -0.1) is 13.2 Å². The minimum Gasteiger partial charge on any atom is -0.481 e. The van der Waals surface area contributed by atoms with Crippen molar-refractivity contribution in [3.05, 3.63) is 89.5 Å². The van der Waals surface area contributed by atoms with Crippen LogP contribution < -0.4 is 20.3 Å². The van der Waals surface area contributed by atoms with Gasteiger partial charge in [0.25, 0.3) is 5.91 Å². The number of amides is 3. The Hall–Kier alpha value is -4.91. The predicted molar refractivity (Wildman–Crippen MR) is 165 cm³/mol. The molecule has 3 N–H and O–H groups in total. The number of aliphatic carboxylic acids is 1. The second kappa shape index (κ2) is 13.8. The van der Waals surface area contributed by atoms with Crippen LogP contribution in [0.4, 0.5) is 28.8 Å². The number of carboxylic acid groups (broad SMARTS) is 1. The number of nitrogens with one attached hydrogen (secondary N) is 2. The van der Waals surface area contributed by atoms with E-state index >= 15 is 0 Å². The second-order valence-electron chi connectivity index (χ2n) is 10.3. The maximum absolute atomic E-state index is 13.7. The number of rotatable bonds is 10. The smallest absolute Gasteiger partial charge is 0.481 e. The summed E-state index contributed by atoms with van der Waals surface area (Å²) >= 11 is 0.863. The normalized spacial score (nSPS) is 13.2. The van der Waals surface area contributed by atoms with Gasteiger partial charge in [0.15, 0.2) is 5.13 Å². The summed E-state index contributed by atoms with van der Waals surface area (Å²) < 4.78 is 43.1. The highest BCUT2D eigenvalue weighted by atomic mass is 32.1. The molecule has 0 spiro atoms. The van der Waals surface area contributed by atoms with E-state index in [0.29, 0.717) is 16.8 Å². The number of aromatic nitrogens is 1. The van der Waals surface area contributed by atoms with Crippen molar-refractivity contribution in [1.29, 1.82) is 0 Å². The molecule has 0 unspecified atom stereocenters. The molecule has 9 nitrogen and oxygen atoms in total. The topological polar surface area (TPSA) is 121 Å². The van der Waals surface area contributed by atoms with Crippen LogP contribution in [-0.4, -0.2) is 40.9 Å². The van der Waals surface area contributed by atoms with Gasteiger partial charge >= 0.3 is 18.4 Å². The highest BCUT2D eigenvalue weighted by Crippen LogP contribution is 2.37. The summed E-state index contributed by atoms with van der Waals surface area (Å²) in [5.74, 6) is -1.85. The van der Waals surface area contributed by atoms with Crippen molar-refractivity contribution >= 4 is 55.9 Å². The Morgan fingerprint density at radius 1 is 1.00 bits per heavy atom. The van der Waals surface area contributed by atoms with E-state index in [9.17, 15) is 27.6 Å². The highest BCUT2D eigenvalue weighted by Gasteiger charge is 2.32. The van der Waals surface area contributed by atoms with Gasteiger partial charge in [-0.05, 0) is 78.8 Å². The molecule has 3 amide bonds. The fourth-order valence-corrected chi connectivity index (χ4v) is 5.81. The van der Waals surface area contributed by atoms with Crippen molar-refractivity contribution in [2.45, 2.75) is 45.0 Å². The summed E-state index contributed by atoms with van der Waals surface area (Å²) in [6.07, 6.45) is 1.44. The zero-order chi connectivity index (χ0) is 32.0. The van der Waals surface area contributed by atoms with Crippen LogP contribution in [0.3, 0.4) is 0 Å². The molecule has 0 saturated carbocycles. The second-order valence-corrected chi connectivity index (χ2v) is 11.3. The SMILES string of the molecule is O=C(O)CCNC(=O)c1ccc(CN(C(=O)Nc2nc3cccc(OC(F)(F)F)c3s2)c2ccc(C3=CCCCC3)cc2)cc1. The number of hydrogen-bond acceptors (Lipinski definition) is 6. The van der Waals surface area contributed by atoms with Gasteiger partial charge < -0.3 is 15.2 Å². The monoisotopic (exact) mass is 638 g/mol. The van der Waals surface area contributed by atoms with Crippen molar-refractivity contribution in [2.75, 3.05) is 16.8 Å². The first-order valence-corrected chi connectivity index (χ1v) is 15.0. The lowest BCUT2D eigenvalue weighted by Gasteiger charge is -2.23. The van der Waals surface area contributed by atoms with E-state index in [4.69, 9.17) is 5.11 Å². The van der Waals surface area contributed by atoms with Crippen LogP contribution in [-0.2, 0) is 11.3 Å². The van der Waals surface area contributed by atoms with Gasteiger partial charge in [0, 0.05) is 17.8 Å². The third-order valence-electron chi connectivity index (χ3n) is 7.09. The highest BCUT2D eigenvalue weighted by molar-refractivity contribution is 7.22. The van der Waals surface area contributed by atoms with Crippen molar-refractivity contribution in [2.24, 2.45) is 0 Å². The molecular weight excluding hydrogens is 609 g/mol. The van der Waals surface area contributed by atoms with E-state index in [2.05, 4.69) is 26.4 Å². The van der Waals surface area contributed by atoms with Gasteiger partial charge in [-0.25, -0.2) is 9.78 Å². The molecule has 45 heavy (non-hydrogen) atoms. The van der Waals surface area contributed by atoms with Crippen LogP contribution in [0, 0.1) is 0 Å². The van der Waals surface area contributed by atoms with Crippen molar-refractivity contribution in [1.82, 2.24) is 10.3 Å². The van der Waals surface area contributed by atoms with Crippen LogP contribution in [0.2, 0.25) is 0 Å². The van der Waals surface area contributed by atoms with E-state index < -0.39 is 30.0 Å². The Kier molecular flexibility index (Phi) is 9.67. The molecule has 5 rings (SSSR count). The molecule has 234 valence electrons. The predicted octanol–water partition coefficient (Wildman–Crippen LogP) is 7.60. The van der Waals surface area contributed by atoms with Gasteiger partial charge in [-0.1, -0.05) is 47.7 Å². The Balaban J connectivity index is 1.38. The molecule has 0 saturated heterocycles. The fourth-order valence-electron chi connectivity index (χ4n) is 4.91. The number of anilines is 2. The number of nitrogens with zero attached hydrogens (tertiary/aromatic N) is 2. The molecule has 3 aromatic carbocycles. The number of carboxylic acids is 1. The van der Waals surface area contributed by atoms with Gasteiger partial charge in [0.05, 0.1) is 23.2 Å². The maximum Gasteiger partial charge on any atom is 0.573 e. The van der Waals surface area contributed by atoms with Crippen LogP contribution in [0.5, 0.6) is 5.75 Å². The lowest BCUT2D eigenvalue weighted by Crippen LogP contribution is -2.34. The lowest BCUT2D eigenvalue weighted by molar-refractivity contribution is -0.274. The fraction of sp³-hybridized carbons (Fsp3) is 0.250. The number of urea groups is 1. The Morgan fingerprint density at radius 2 is 1.76 bits per heavy atom. The standard InChI is InChI=1S/C32H29F3N4O5S/c33-32(34,35)44-26-8-4-7-25-28(26)45-30(37-25)38-31(43)39(24-15-13-22(14-16-24)21-5-2-1-3-6-21)19-20-9-11-23(12-10-20)29(42)36-18-17-27(40)41/h4-5,7-16H,1-3,6,17-19H2,(H,36,42)(H,40,41)(H,37,38,43). The van der Waals surface area contributed by atoms with Gasteiger partial charge in [0.2, 0.25) is 0 Å². The number of alkyl halides is 3. The maximum atomic E-state index is 13.7. The summed E-state index contributed by atoms with van der Waals surface area (Å²) in [5, 5.41) is 14.1. The zero-order valence-electron chi connectivity index (χ0n) is 23.9. The molecule has 13 heteroatoms. The van der Waals surface area contributed by atoms with Crippen molar-refractivity contribution in [3.63, 3.8) is 0 Å². The van der Waals surface area contributed by atoms with E-state index in [1.807, 2.05) is 24.3 Å². The molecule has 1 heterocycles. The van der Waals surface area contributed by atoms with Gasteiger partial charge in [-0.2, -0.15) is 0 Å². The average molecular weight is 639 g/mol. The van der Waals surface area contributed by atoms with E-state index in [1.165, 1.54) is 28.7 Å². The largest absolute Gasteiger partial charge is 0.573 e. The number of ether oxygens (including phenoxy) is 1. The number of halogens is 3. The number of fused-ring (bicyclic) bond motifs is 1. The summed E-state index contributed by atoms with van der Waals surface area (Å²) in [7, 11) is 0. The lowest BCUT2D eigenvalue weighted by atomic mass is 9.93. The minimum absolute atomic E-state index is 0.00758. The summed E-state index contributed by atoms with van der Waals surface area (Å²) in [6, 6.07) is 17.7. The van der Waals surface area contributed by atoms with Crippen LogP contribution >= 0.6 is 11.3 Å². The third kappa shape index (κ3) is 8.38. The zero-order valence-corrected chi connectivity index (χ0v) is 24.7.